The molecule has 3 rings (SSSR count). The van der Waals surface area contributed by atoms with Gasteiger partial charge in [-0.2, -0.15) is 10.1 Å². The molecule has 0 amide bonds. The number of hydrogen-bond donors (Lipinski definition) is 0. The average Bonchev–Trinajstić information content (AvgIpc) is 3.23. The molecule has 0 bridgehead atoms. The summed E-state index contributed by atoms with van der Waals surface area (Å²) in [5.41, 5.74) is 0. The van der Waals surface area contributed by atoms with Gasteiger partial charge in [-0.05, 0) is 12.5 Å². The van der Waals surface area contributed by atoms with Gasteiger partial charge in [-0.1, -0.05) is 26.2 Å². The third kappa shape index (κ3) is 5.51. The maximum Gasteiger partial charge on any atom is 0.227 e. The quantitative estimate of drug-likeness (QED) is 0.608. The first-order valence-electron chi connectivity index (χ1n) is 9.75. The molecule has 0 saturated carbocycles. The van der Waals surface area contributed by atoms with Crippen LogP contribution in [-0.2, 0) is 4.74 Å². The van der Waals surface area contributed by atoms with E-state index in [0.717, 1.165) is 57.7 Å². The SMILES string of the molecule is CCCCCCN(CCN1CCOCC1)c1nccc(-n2cccn2)n1. The number of hydrogen-bond acceptors (Lipinski definition) is 6. The molecule has 0 unspecified atom stereocenters. The van der Waals surface area contributed by atoms with Crippen LogP contribution in [-0.4, -0.2) is 70.6 Å². The third-order valence-electron chi connectivity index (χ3n) is 4.72. The van der Waals surface area contributed by atoms with E-state index in [1.165, 1.54) is 25.7 Å². The Labute approximate surface area is 156 Å². The number of unbranched alkanes of at least 4 members (excludes halogenated alkanes) is 3. The fourth-order valence-electron chi connectivity index (χ4n) is 3.15. The summed E-state index contributed by atoms with van der Waals surface area (Å²) in [6.07, 6.45) is 10.5. The van der Waals surface area contributed by atoms with Crippen molar-refractivity contribution in [2.24, 2.45) is 0 Å². The molecule has 142 valence electrons. The highest BCUT2D eigenvalue weighted by Gasteiger charge is 2.15. The molecule has 0 aliphatic carbocycles. The minimum absolute atomic E-state index is 0.794. The van der Waals surface area contributed by atoms with Gasteiger partial charge in [0.15, 0.2) is 5.82 Å². The van der Waals surface area contributed by atoms with Crippen LogP contribution >= 0.6 is 0 Å². The summed E-state index contributed by atoms with van der Waals surface area (Å²) < 4.78 is 7.23. The van der Waals surface area contributed by atoms with E-state index in [2.05, 4.69) is 26.8 Å². The summed E-state index contributed by atoms with van der Waals surface area (Å²) in [5.74, 6) is 1.60. The second-order valence-electron chi connectivity index (χ2n) is 6.67. The van der Waals surface area contributed by atoms with Crippen LogP contribution < -0.4 is 4.90 Å². The Hall–Kier alpha value is -1.99. The summed E-state index contributed by atoms with van der Waals surface area (Å²) in [6, 6.07) is 3.80. The van der Waals surface area contributed by atoms with Gasteiger partial charge in [-0.25, -0.2) is 9.67 Å². The highest BCUT2D eigenvalue weighted by molar-refractivity contribution is 5.34. The number of rotatable bonds is 10. The maximum atomic E-state index is 5.45. The van der Waals surface area contributed by atoms with Crippen LogP contribution in [0, 0.1) is 0 Å². The molecule has 0 spiro atoms. The fourth-order valence-corrected chi connectivity index (χ4v) is 3.15. The first kappa shape index (κ1) is 18.8. The normalized spacial score (nSPS) is 15.3. The van der Waals surface area contributed by atoms with E-state index in [-0.39, 0.29) is 0 Å². The van der Waals surface area contributed by atoms with Crippen LogP contribution in [0.3, 0.4) is 0 Å². The van der Waals surface area contributed by atoms with Gasteiger partial charge in [0.2, 0.25) is 5.95 Å². The molecule has 1 aliphatic rings. The van der Waals surface area contributed by atoms with Gasteiger partial charge in [-0.15, -0.1) is 0 Å². The molecule has 1 fully saturated rings. The van der Waals surface area contributed by atoms with Gasteiger partial charge < -0.3 is 9.64 Å². The van der Waals surface area contributed by atoms with Crippen LogP contribution in [0.25, 0.3) is 5.82 Å². The van der Waals surface area contributed by atoms with Crippen LogP contribution in [0.4, 0.5) is 5.95 Å². The molecule has 2 aromatic heterocycles. The molecule has 26 heavy (non-hydrogen) atoms. The molecule has 0 radical (unpaired) electrons. The second kappa shape index (κ2) is 10.2. The predicted octanol–water partition coefficient (Wildman–Crippen LogP) is 2.38. The topological polar surface area (TPSA) is 59.3 Å². The number of aromatic nitrogens is 4. The van der Waals surface area contributed by atoms with Crippen molar-refractivity contribution in [3.05, 3.63) is 30.7 Å². The van der Waals surface area contributed by atoms with Gasteiger partial charge in [0.05, 0.1) is 13.2 Å². The van der Waals surface area contributed by atoms with E-state index < -0.39 is 0 Å². The first-order chi connectivity index (χ1) is 12.9. The summed E-state index contributed by atoms with van der Waals surface area (Å²) >= 11 is 0. The van der Waals surface area contributed by atoms with E-state index in [1.807, 2.05) is 24.5 Å². The second-order valence-corrected chi connectivity index (χ2v) is 6.67. The highest BCUT2D eigenvalue weighted by Crippen LogP contribution is 2.13. The summed E-state index contributed by atoms with van der Waals surface area (Å²) in [6.45, 7) is 8.89. The van der Waals surface area contributed by atoms with Gasteiger partial charge in [0.25, 0.3) is 0 Å². The lowest BCUT2D eigenvalue weighted by molar-refractivity contribution is 0.0391. The zero-order chi connectivity index (χ0) is 18.0. The molecule has 1 saturated heterocycles. The number of anilines is 1. The minimum Gasteiger partial charge on any atom is -0.379 e. The molecule has 0 aromatic carbocycles. The van der Waals surface area contributed by atoms with Gasteiger partial charge in [-0.3, -0.25) is 4.90 Å². The molecule has 7 nitrogen and oxygen atoms in total. The Bertz CT molecular complexity index is 627. The van der Waals surface area contributed by atoms with Crippen molar-refractivity contribution in [2.45, 2.75) is 32.6 Å². The van der Waals surface area contributed by atoms with Crippen molar-refractivity contribution in [3.63, 3.8) is 0 Å². The highest BCUT2D eigenvalue weighted by atomic mass is 16.5. The Morgan fingerprint density at radius 3 is 2.77 bits per heavy atom. The standard InChI is InChI=1S/C19H30N6O/c1-2-3-4-5-10-24(13-12-23-14-16-26-17-15-23)19-20-9-7-18(22-19)25-11-6-8-21-25/h6-9,11H,2-5,10,12-17H2,1H3. The monoisotopic (exact) mass is 358 g/mol. The Kier molecular flexibility index (Phi) is 7.39. The lowest BCUT2D eigenvalue weighted by atomic mass is 10.2. The van der Waals surface area contributed by atoms with Gasteiger partial charge in [0.1, 0.15) is 0 Å². The summed E-state index contributed by atoms with van der Waals surface area (Å²) in [7, 11) is 0. The van der Waals surface area contributed by atoms with Crippen molar-refractivity contribution < 1.29 is 4.74 Å². The first-order valence-corrected chi connectivity index (χ1v) is 9.75. The lowest BCUT2D eigenvalue weighted by Gasteiger charge is -2.30. The van der Waals surface area contributed by atoms with Crippen molar-refractivity contribution in [3.8, 4) is 5.82 Å². The van der Waals surface area contributed by atoms with Crippen LogP contribution in [0.2, 0.25) is 0 Å². The lowest BCUT2D eigenvalue weighted by Crippen LogP contribution is -2.42. The molecule has 0 atom stereocenters. The van der Waals surface area contributed by atoms with Crippen molar-refractivity contribution in [1.82, 2.24) is 24.6 Å². The van der Waals surface area contributed by atoms with E-state index >= 15 is 0 Å². The largest absolute Gasteiger partial charge is 0.379 e. The molecule has 3 heterocycles. The molecule has 2 aromatic rings. The zero-order valence-corrected chi connectivity index (χ0v) is 15.8. The molecule has 7 heteroatoms. The number of morpholine rings is 1. The summed E-state index contributed by atoms with van der Waals surface area (Å²) in [5, 5.41) is 4.28. The minimum atomic E-state index is 0.794. The Morgan fingerprint density at radius 2 is 2.00 bits per heavy atom. The van der Waals surface area contributed by atoms with Gasteiger partial charge in [0, 0.05) is 57.4 Å². The Balaban J connectivity index is 1.66. The molecular formula is C19H30N6O. The van der Waals surface area contributed by atoms with E-state index in [9.17, 15) is 0 Å². The van der Waals surface area contributed by atoms with Crippen molar-refractivity contribution >= 4 is 5.95 Å². The molecular weight excluding hydrogens is 328 g/mol. The average molecular weight is 358 g/mol. The van der Waals surface area contributed by atoms with Crippen molar-refractivity contribution in [2.75, 3.05) is 50.8 Å². The van der Waals surface area contributed by atoms with Crippen LogP contribution in [0.15, 0.2) is 30.7 Å². The zero-order valence-electron chi connectivity index (χ0n) is 15.8. The number of nitrogens with zero attached hydrogens (tertiary/aromatic N) is 6. The van der Waals surface area contributed by atoms with E-state index in [0.29, 0.717) is 0 Å². The van der Waals surface area contributed by atoms with Crippen molar-refractivity contribution in [1.29, 1.82) is 0 Å². The Morgan fingerprint density at radius 1 is 1.12 bits per heavy atom. The summed E-state index contributed by atoms with van der Waals surface area (Å²) in [4.78, 5) is 14.1. The third-order valence-corrected chi connectivity index (χ3v) is 4.72. The molecule has 0 N–H and O–H groups in total. The predicted molar refractivity (Wildman–Crippen MR) is 103 cm³/mol. The fraction of sp³-hybridized carbons (Fsp3) is 0.632. The van der Waals surface area contributed by atoms with E-state index in [4.69, 9.17) is 9.72 Å². The maximum absolute atomic E-state index is 5.45. The molecule has 1 aliphatic heterocycles. The smallest absolute Gasteiger partial charge is 0.227 e. The van der Waals surface area contributed by atoms with E-state index in [1.54, 1.807) is 10.9 Å². The number of ether oxygens (including phenoxy) is 1. The van der Waals surface area contributed by atoms with Crippen LogP contribution in [0.1, 0.15) is 32.6 Å². The van der Waals surface area contributed by atoms with Gasteiger partial charge >= 0.3 is 0 Å². The van der Waals surface area contributed by atoms with Crippen LogP contribution in [0.5, 0.6) is 0 Å².